The predicted molar refractivity (Wildman–Crippen MR) is 51.2 cm³/mol. The molecule has 0 aliphatic rings. The Morgan fingerprint density at radius 3 is 2.14 bits per heavy atom. The minimum atomic E-state index is -4.27. The van der Waals surface area contributed by atoms with Crippen LogP contribution in [0.25, 0.3) is 5.57 Å². The van der Waals surface area contributed by atoms with Gasteiger partial charge in [0.2, 0.25) is 0 Å². The van der Waals surface area contributed by atoms with Crippen LogP contribution in [-0.2, 0) is 0 Å². The zero-order chi connectivity index (χ0) is 10.8. The molecular formula is C10H8ClF3. The second-order valence-electron chi connectivity index (χ2n) is 2.88. The molecule has 0 saturated heterocycles. The monoisotopic (exact) mass is 220 g/mol. The average Bonchev–Trinajstić information content (AvgIpc) is 2.02. The normalized spacial score (nSPS) is 13.1. The maximum Gasteiger partial charge on any atom is 0.410 e. The van der Waals surface area contributed by atoms with E-state index in [2.05, 4.69) is 0 Å². The molecule has 1 aromatic carbocycles. The lowest BCUT2D eigenvalue weighted by molar-refractivity contribution is -0.0793. The maximum atomic E-state index is 12.0. The summed E-state index contributed by atoms with van der Waals surface area (Å²) >= 11 is 5.61. The summed E-state index contributed by atoms with van der Waals surface area (Å²) in [6, 6.07) is 6.23. The highest BCUT2D eigenvalue weighted by atomic mass is 35.5. The molecule has 1 aromatic rings. The molecule has 0 N–H and O–H groups in total. The van der Waals surface area contributed by atoms with Gasteiger partial charge in [0.1, 0.15) is 0 Å². The van der Waals surface area contributed by atoms with Crippen LogP contribution < -0.4 is 0 Å². The summed E-state index contributed by atoms with van der Waals surface area (Å²) in [5, 5.41) is 0.508. The number of hydrogen-bond donors (Lipinski definition) is 0. The SMILES string of the molecule is C/C(=C\C(F)(F)F)c1ccc(Cl)cc1. The summed E-state index contributed by atoms with van der Waals surface area (Å²) < 4.78 is 35.9. The quantitative estimate of drug-likeness (QED) is 0.662. The third kappa shape index (κ3) is 3.42. The average molecular weight is 221 g/mol. The summed E-state index contributed by atoms with van der Waals surface area (Å²) in [5.41, 5.74) is 0.695. The first-order valence-corrected chi connectivity index (χ1v) is 4.28. The van der Waals surface area contributed by atoms with Gasteiger partial charge < -0.3 is 0 Å². The largest absolute Gasteiger partial charge is 0.410 e. The fourth-order valence-corrected chi connectivity index (χ4v) is 1.17. The van der Waals surface area contributed by atoms with E-state index >= 15 is 0 Å². The summed E-state index contributed by atoms with van der Waals surface area (Å²) in [4.78, 5) is 0. The number of benzene rings is 1. The molecule has 0 nitrogen and oxygen atoms in total. The first kappa shape index (κ1) is 11.1. The number of allylic oxidation sites excluding steroid dienone is 2. The van der Waals surface area contributed by atoms with Crippen molar-refractivity contribution in [3.63, 3.8) is 0 Å². The van der Waals surface area contributed by atoms with Crippen LogP contribution >= 0.6 is 11.6 Å². The lowest BCUT2D eigenvalue weighted by Gasteiger charge is -2.04. The molecule has 0 fully saturated rings. The van der Waals surface area contributed by atoms with Gasteiger partial charge in [0, 0.05) is 11.1 Å². The summed E-state index contributed by atoms with van der Waals surface area (Å²) in [6.07, 6.45) is -4.00. The van der Waals surface area contributed by atoms with Crippen molar-refractivity contribution in [2.45, 2.75) is 13.1 Å². The van der Waals surface area contributed by atoms with Crippen LogP contribution in [0.15, 0.2) is 30.3 Å². The van der Waals surface area contributed by atoms with Gasteiger partial charge in [-0.2, -0.15) is 13.2 Å². The molecule has 0 bridgehead atoms. The Morgan fingerprint density at radius 2 is 1.71 bits per heavy atom. The van der Waals surface area contributed by atoms with Crippen molar-refractivity contribution in [3.8, 4) is 0 Å². The van der Waals surface area contributed by atoms with Crippen LogP contribution in [0, 0.1) is 0 Å². The van der Waals surface area contributed by atoms with Crippen molar-refractivity contribution < 1.29 is 13.2 Å². The summed E-state index contributed by atoms with van der Waals surface area (Å²) in [7, 11) is 0. The molecule has 0 unspecified atom stereocenters. The van der Waals surface area contributed by atoms with Crippen LogP contribution in [0.5, 0.6) is 0 Å². The van der Waals surface area contributed by atoms with E-state index < -0.39 is 6.18 Å². The Bertz CT molecular complexity index is 335. The van der Waals surface area contributed by atoms with Crippen molar-refractivity contribution >= 4 is 17.2 Å². The van der Waals surface area contributed by atoms with Gasteiger partial charge in [-0.3, -0.25) is 0 Å². The fraction of sp³-hybridized carbons (Fsp3) is 0.200. The van der Waals surface area contributed by atoms with E-state index in [1.54, 1.807) is 24.3 Å². The molecule has 4 heteroatoms. The molecule has 0 amide bonds. The van der Waals surface area contributed by atoms with E-state index in [9.17, 15) is 13.2 Å². The molecule has 0 spiro atoms. The molecular weight excluding hydrogens is 213 g/mol. The second-order valence-corrected chi connectivity index (χ2v) is 3.31. The summed E-state index contributed by atoms with van der Waals surface area (Å²) in [5.74, 6) is 0. The third-order valence-electron chi connectivity index (χ3n) is 1.68. The van der Waals surface area contributed by atoms with E-state index in [1.165, 1.54) is 6.92 Å². The molecule has 1 rings (SSSR count). The Morgan fingerprint density at radius 1 is 1.21 bits per heavy atom. The predicted octanol–water partition coefficient (Wildman–Crippen LogP) is 4.31. The first-order chi connectivity index (χ1) is 6.38. The lowest BCUT2D eigenvalue weighted by Crippen LogP contribution is -2.02. The highest BCUT2D eigenvalue weighted by molar-refractivity contribution is 6.30. The van der Waals surface area contributed by atoms with Crippen LogP contribution in [0.1, 0.15) is 12.5 Å². The topological polar surface area (TPSA) is 0 Å². The van der Waals surface area contributed by atoms with E-state index in [4.69, 9.17) is 11.6 Å². The number of rotatable bonds is 1. The molecule has 0 aromatic heterocycles. The Hall–Kier alpha value is -0.960. The van der Waals surface area contributed by atoms with Gasteiger partial charge in [-0.15, -0.1) is 0 Å². The maximum absolute atomic E-state index is 12.0. The van der Waals surface area contributed by atoms with Crippen molar-refractivity contribution in [1.29, 1.82) is 0 Å². The van der Waals surface area contributed by atoms with Crippen molar-refractivity contribution in [2.24, 2.45) is 0 Å². The molecule has 0 radical (unpaired) electrons. The highest BCUT2D eigenvalue weighted by Crippen LogP contribution is 2.24. The van der Waals surface area contributed by atoms with Gasteiger partial charge in [-0.25, -0.2) is 0 Å². The highest BCUT2D eigenvalue weighted by Gasteiger charge is 2.23. The van der Waals surface area contributed by atoms with Gasteiger partial charge in [0.25, 0.3) is 0 Å². The Labute approximate surface area is 85.0 Å². The Balaban J connectivity index is 2.95. The molecule has 14 heavy (non-hydrogen) atoms. The Kier molecular flexibility index (Phi) is 3.21. The van der Waals surface area contributed by atoms with E-state index in [0.717, 1.165) is 0 Å². The van der Waals surface area contributed by atoms with Crippen LogP contribution in [-0.4, -0.2) is 6.18 Å². The minimum Gasteiger partial charge on any atom is -0.167 e. The van der Waals surface area contributed by atoms with E-state index in [1.807, 2.05) is 0 Å². The number of alkyl halides is 3. The summed E-state index contributed by atoms with van der Waals surface area (Å²) in [6.45, 7) is 1.41. The molecule has 0 aliphatic carbocycles. The van der Waals surface area contributed by atoms with Crippen LogP contribution in [0.2, 0.25) is 5.02 Å². The van der Waals surface area contributed by atoms with Crippen LogP contribution in [0.3, 0.4) is 0 Å². The molecule has 0 heterocycles. The zero-order valence-corrected chi connectivity index (χ0v) is 8.15. The number of hydrogen-bond acceptors (Lipinski definition) is 0. The van der Waals surface area contributed by atoms with E-state index in [0.29, 0.717) is 10.6 Å². The van der Waals surface area contributed by atoms with Gasteiger partial charge in [-0.1, -0.05) is 23.7 Å². The van der Waals surface area contributed by atoms with Gasteiger partial charge in [-0.05, 0) is 30.2 Å². The van der Waals surface area contributed by atoms with Gasteiger partial charge in [0.05, 0.1) is 0 Å². The lowest BCUT2D eigenvalue weighted by atomic mass is 10.1. The van der Waals surface area contributed by atoms with Crippen LogP contribution in [0.4, 0.5) is 13.2 Å². The fourth-order valence-electron chi connectivity index (χ4n) is 1.04. The van der Waals surface area contributed by atoms with E-state index in [-0.39, 0.29) is 11.6 Å². The van der Waals surface area contributed by atoms with Crippen molar-refractivity contribution in [1.82, 2.24) is 0 Å². The zero-order valence-electron chi connectivity index (χ0n) is 7.40. The molecule has 0 aliphatic heterocycles. The van der Waals surface area contributed by atoms with Crippen molar-refractivity contribution in [3.05, 3.63) is 40.9 Å². The first-order valence-electron chi connectivity index (χ1n) is 3.90. The van der Waals surface area contributed by atoms with Crippen molar-refractivity contribution in [2.75, 3.05) is 0 Å². The second kappa shape index (κ2) is 4.05. The molecule has 0 atom stereocenters. The number of halogens is 4. The minimum absolute atomic E-state index is 0.175. The third-order valence-corrected chi connectivity index (χ3v) is 1.93. The van der Waals surface area contributed by atoms with Gasteiger partial charge >= 0.3 is 6.18 Å². The van der Waals surface area contributed by atoms with Gasteiger partial charge in [0.15, 0.2) is 0 Å². The molecule has 0 saturated carbocycles. The standard InChI is InChI=1S/C10H8ClF3/c1-7(6-10(12,13)14)8-2-4-9(11)5-3-8/h2-6H,1H3/b7-6+. The molecule has 76 valence electrons. The smallest absolute Gasteiger partial charge is 0.167 e.